The van der Waals surface area contributed by atoms with Crippen LogP contribution in [0.5, 0.6) is 5.88 Å². The third-order valence-corrected chi connectivity index (χ3v) is 2.77. The molecule has 0 N–H and O–H groups in total. The number of benzene rings is 1. The van der Waals surface area contributed by atoms with Crippen LogP contribution in [0.2, 0.25) is 0 Å². The molecule has 0 saturated carbocycles. The summed E-state index contributed by atoms with van der Waals surface area (Å²) in [6.07, 6.45) is 1.82. The summed E-state index contributed by atoms with van der Waals surface area (Å²) in [4.78, 5) is 4.18. The van der Waals surface area contributed by atoms with Crippen molar-refractivity contribution in [2.24, 2.45) is 0 Å². The van der Waals surface area contributed by atoms with Crippen LogP contribution in [-0.2, 0) is 0 Å². The van der Waals surface area contributed by atoms with Gasteiger partial charge in [0, 0.05) is 21.4 Å². The first-order valence-electron chi connectivity index (χ1n) is 4.55. The molecule has 0 amide bonds. The van der Waals surface area contributed by atoms with Crippen molar-refractivity contribution in [2.45, 2.75) is 0 Å². The second-order valence-electron chi connectivity index (χ2n) is 3.10. The predicted molar refractivity (Wildman–Crippen MR) is 68.9 cm³/mol. The van der Waals surface area contributed by atoms with E-state index in [4.69, 9.17) is 4.74 Å². The first-order chi connectivity index (χ1) is 7.29. The van der Waals surface area contributed by atoms with Crippen LogP contribution in [-0.4, -0.2) is 12.1 Å². The topological polar surface area (TPSA) is 22.1 Å². The van der Waals surface area contributed by atoms with E-state index in [0.717, 1.165) is 5.56 Å². The molecule has 0 saturated heterocycles. The van der Waals surface area contributed by atoms with Crippen LogP contribution in [0.25, 0.3) is 11.1 Å². The molecule has 76 valence electrons. The molecule has 1 heterocycles. The highest BCUT2D eigenvalue weighted by atomic mass is 127. The average molecular weight is 311 g/mol. The standard InChI is InChI=1S/C12H10INO/c1-15-12-6-5-10(8-14-12)9-3-2-4-11(13)7-9/h2-8H,1H3. The van der Waals surface area contributed by atoms with E-state index in [0.29, 0.717) is 5.88 Å². The number of hydrogen-bond acceptors (Lipinski definition) is 2. The fourth-order valence-corrected chi connectivity index (χ4v) is 1.88. The molecule has 3 heteroatoms. The lowest BCUT2D eigenvalue weighted by Gasteiger charge is -2.03. The molecule has 0 aliphatic heterocycles. The van der Waals surface area contributed by atoms with Crippen molar-refractivity contribution >= 4 is 22.6 Å². The van der Waals surface area contributed by atoms with Crippen LogP contribution < -0.4 is 4.74 Å². The lowest BCUT2D eigenvalue weighted by atomic mass is 10.1. The highest BCUT2D eigenvalue weighted by Crippen LogP contribution is 2.21. The van der Waals surface area contributed by atoms with E-state index in [1.165, 1.54) is 9.13 Å². The smallest absolute Gasteiger partial charge is 0.212 e. The van der Waals surface area contributed by atoms with Crippen LogP contribution in [0.1, 0.15) is 0 Å². The van der Waals surface area contributed by atoms with Crippen molar-refractivity contribution in [3.8, 4) is 17.0 Å². The average Bonchev–Trinajstić information content (AvgIpc) is 2.29. The van der Waals surface area contributed by atoms with E-state index in [9.17, 15) is 0 Å². The van der Waals surface area contributed by atoms with Crippen LogP contribution in [0, 0.1) is 3.57 Å². The minimum absolute atomic E-state index is 0.643. The molecule has 0 spiro atoms. The molecular weight excluding hydrogens is 301 g/mol. The maximum Gasteiger partial charge on any atom is 0.212 e. The SMILES string of the molecule is COc1ccc(-c2cccc(I)c2)cn1. The van der Waals surface area contributed by atoms with E-state index in [-0.39, 0.29) is 0 Å². The highest BCUT2D eigenvalue weighted by molar-refractivity contribution is 14.1. The monoisotopic (exact) mass is 311 g/mol. The number of aromatic nitrogens is 1. The summed E-state index contributed by atoms with van der Waals surface area (Å²) in [6, 6.07) is 12.2. The Morgan fingerprint density at radius 1 is 1.13 bits per heavy atom. The Labute approximate surface area is 102 Å². The van der Waals surface area contributed by atoms with Gasteiger partial charge in [0.2, 0.25) is 5.88 Å². The maximum atomic E-state index is 5.02. The number of halogens is 1. The Bertz CT molecular complexity index is 453. The number of pyridine rings is 1. The first-order valence-corrected chi connectivity index (χ1v) is 5.63. The van der Waals surface area contributed by atoms with Gasteiger partial charge in [0.25, 0.3) is 0 Å². The zero-order valence-electron chi connectivity index (χ0n) is 8.27. The molecule has 0 unspecified atom stereocenters. The van der Waals surface area contributed by atoms with E-state index in [2.05, 4.69) is 45.8 Å². The zero-order chi connectivity index (χ0) is 10.7. The first kappa shape index (κ1) is 10.4. The third-order valence-electron chi connectivity index (χ3n) is 2.10. The molecular formula is C12H10INO. The van der Waals surface area contributed by atoms with Crippen LogP contribution in [0.15, 0.2) is 42.6 Å². The summed E-state index contributed by atoms with van der Waals surface area (Å²) in [7, 11) is 1.62. The largest absolute Gasteiger partial charge is 0.481 e. The van der Waals surface area contributed by atoms with Gasteiger partial charge < -0.3 is 4.74 Å². The Morgan fingerprint density at radius 2 is 2.00 bits per heavy atom. The highest BCUT2D eigenvalue weighted by Gasteiger charge is 1.99. The lowest BCUT2D eigenvalue weighted by molar-refractivity contribution is 0.398. The minimum Gasteiger partial charge on any atom is -0.481 e. The molecule has 0 radical (unpaired) electrons. The summed E-state index contributed by atoms with van der Waals surface area (Å²) >= 11 is 2.30. The fraction of sp³-hybridized carbons (Fsp3) is 0.0833. The van der Waals surface area contributed by atoms with Crippen molar-refractivity contribution in [1.82, 2.24) is 4.98 Å². The predicted octanol–water partition coefficient (Wildman–Crippen LogP) is 3.36. The number of ether oxygens (including phenoxy) is 1. The molecule has 15 heavy (non-hydrogen) atoms. The van der Waals surface area contributed by atoms with Gasteiger partial charge in [-0.25, -0.2) is 4.98 Å². The van der Waals surface area contributed by atoms with Crippen molar-refractivity contribution in [3.05, 3.63) is 46.2 Å². The molecule has 0 bridgehead atoms. The van der Waals surface area contributed by atoms with Gasteiger partial charge >= 0.3 is 0 Å². The van der Waals surface area contributed by atoms with Gasteiger partial charge in [-0.15, -0.1) is 0 Å². The quantitative estimate of drug-likeness (QED) is 0.794. The minimum atomic E-state index is 0.643. The molecule has 0 fully saturated rings. The van der Waals surface area contributed by atoms with Crippen molar-refractivity contribution in [3.63, 3.8) is 0 Å². The van der Waals surface area contributed by atoms with Crippen LogP contribution in [0.3, 0.4) is 0 Å². The molecule has 0 aliphatic rings. The van der Waals surface area contributed by atoms with Gasteiger partial charge in [0.1, 0.15) is 0 Å². The van der Waals surface area contributed by atoms with Gasteiger partial charge in [0.15, 0.2) is 0 Å². The lowest BCUT2D eigenvalue weighted by Crippen LogP contribution is -1.87. The number of methoxy groups -OCH3 is 1. The van der Waals surface area contributed by atoms with Gasteiger partial charge in [-0.1, -0.05) is 12.1 Å². The van der Waals surface area contributed by atoms with Crippen LogP contribution >= 0.6 is 22.6 Å². The summed E-state index contributed by atoms with van der Waals surface area (Å²) in [5, 5.41) is 0. The molecule has 0 atom stereocenters. The fourth-order valence-electron chi connectivity index (χ4n) is 1.34. The summed E-state index contributed by atoms with van der Waals surface area (Å²) in [6.45, 7) is 0. The Balaban J connectivity index is 2.37. The zero-order valence-corrected chi connectivity index (χ0v) is 10.4. The van der Waals surface area contributed by atoms with Gasteiger partial charge in [-0.2, -0.15) is 0 Å². The number of hydrogen-bond donors (Lipinski definition) is 0. The normalized spacial score (nSPS) is 10.0. The van der Waals surface area contributed by atoms with E-state index >= 15 is 0 Å². The molecule has 0 aliphatic carbocycles. The van der Waals surface area contributed by atoms with Crippen molar-refractivity contribution in [2.75, 3.05) is 7.11 Å². The molecule has 2 rings (SSSR count). The molecule has 2 nitrogen and oxygen atoms in total. The molecule has 1 aromatic carbocycles. The van der Waals surface area contributed by atoms with E-state index in [1.54, 1.807) is 7.11 Å². The Hall–Kier alpha value is -1.10. The Morgan fingerprint density at radius 3 is 2.60 bits per heavy atom. The summed E-state index contributed by atoms with van der Waals surface area (Å²) in [5.41, 5.74) is 2.28. The van der Waals surface area contributed by atoms with E-state index < -0.39 is 0 Å². The second kappa shape index (κ2) is 4.61. The number of nitrogens with zero attached hydrogens (tertiary/aromatic N) is 1. The van der Waals surface area contributed by atoms with Gasteiger partial charge in [-0.05, 0) is 46.4 Å². The van der Waals surface area contributed by atoms with Gasteiger partial charge in [0.05, 0.1) is 7.11 Å². The Kier molecular flexibility index (Phi) is 3.20. The molecule has 2 aromatic rings. The van der Waals surface area contributed by atoms with Gasteiger partial charge in [-0.3, -0.25) is 0 Å². The summed E-state index contributed by atoms with van der Waals surface area (Å²) in [5.74, 6) is 0.643. The maximum absolute atomic E-state index is 5.02. The third kappa shape index (κ3) is 2.47. The van der Waals surface area contributed by atoms with Crippen molar-refractivity contribution < 1.29 is 4.74 Å². The molecule has 1 aromatic heterocycles. The van der Waals surface area contributed by atoms with E-state index in [1.807, 2.05) is 24.4 Å². The van der Waals surface area contributed by atoms with Crippen molar-refractivity contribution in [1.29, 1.82) is 0 Å². The van der Waals surface area contributed by atoms with Crippen LogP contribution in [0.4, 0.5) is 0 Å². The second-order valence-corrected chi connectivity index (χ2v) is 4.35. The summed E-state index contributed by atoms with van der Waals surface area (Å²) < 4.78 is 6.24. The number of rotatable bonds is 2.